The number of carbonyl (C=O) groups excluding carboxylic acids is 5. The van der Waals surface area contributed by atoms with Crippen LogP contribution in [0.4, 0.5) is 11.4 Å². The number of nitrogens with one attached hydrogen (secondary N) is 5. The van der Waals surface area contributed by atoms with Crippen LogP contribution in [-0.2, 0) is 40.7 Å². The van der Waals surface area contributed by atoms with E-state index in [0.717, 1.165) is 80.0 Å². The lowest BCUT2D eigenvalue weighted by atomic mass is 9.86. The van der Waals surface area contributed by atoms with Gasteiger partial charge in [0.1, 0.15) is 11.8 Å². The normalized spacial score (nSPS) is 16.9. The molecule has 5 heterocycles. The fraction of sp³-hybridized carbons (Fsp3) is 0.455. The molecule has 3 aliphatic heterocycles. The van der Waals surface area contributed by atoms with Crippen molar-refractivity contribution >= 4 is 40.9 Å². The maximum Gasteiger partial charge on any atom is 0.255 e. The van der Waals surface area contributed by atoms with Gasteiger partial charge in [-0.2, -0.15) is 5.10 Å². The van der Waals surface area contributed by atoms with E-state index in [1.54, 1.807) is 30.6 Å². The average Bonchev–Trinajstić information content (AvgIpc) is 4.05. The summed E-state index contributed by atoms with van der Waals surface area (Å²) in [5.74, 6) is 0.696. The first kappa shape index (κ1) is 53.2. The minimum Gasteiger partial charge on any atom is -0.494 e. The Morgan fingerprint density at radius 1 is 0.824 bits per heavy atom. The number of hydrogen-bond acceptors (Lipinski definition) is 14. The van der Waals surface area contributed by atoms with Crippen LogP contribution in [-0.4, -0.2) is 132 Å². The smallest absolute Gasteiger partial charge is 0.255 e. The third kappa shape index (κ3) is 14.4. The Bertz CT molecular complexity index is 2690. The van der Waals surface area contributed by atoms with Gasteiger partial charge in [0.05, 0.1) is 44.6 Å². The number of unbranched alkanes of at least 4 members (excludes halogenated alkanes) is 3. The number of ether oxygens (including phenoxy) is 4. The van der Waals surface area contributed by atoms with E-state index in [2.05, 4.69) is 48.4 Å². The Morgan fingerprint density at radius 2 is 1.54 bits per heavy atom. The summed E-state index contributed by atoms with van der Waals surface area (Å²) in [5.41, 5.74) is 4.41. The Morgan fingerprint density at radius 3 is 2.31 bits per heavy atom. The second-order valence-electron chi connectivity index (χ2n) is 19.1. The molecular formula is C55H68N10O9. The van der Waals surface area contributed by atoms with Crippen molar-refractivity contribution in [3.63, 3.8) is 0 Å². The number of amides is 5. The maximum absolute atomic E-state index is 13.6. The van der Waals surface area contributed by atoms with Crippen LogP contribution in [0.5, 0.6) is 5.75 Å². The van der Waals surface area contributed by atoms with Gasteiger partial charge < -0.3 is 44.7 Å². The minimum absolute atomic E-state index is 0.167. The number of hydrogen-bond donors (Lipinski definition) is 5. The van der Waals surface area contributed by atoms with Gasteiger partial charge in [-0.05, 0) is 119 Å². The minimum atomic E-state index is -0.717. The second-order valence-corrected chi connectivity index (χ2v) is 19.1. The fourth-order valence-corrected chi connectivity index (χ4v) is 9.42. The van der Waals surface area contributed by atoms with E-state index in [9.17, 15) is 24.0 Å². The number of piperidine rings is 2. The molecule has 3 aromatic carbocycles. The van der Waals surface area contributed by atoms with Crippen LogP contribution in [0.1, 0.15) is 115 Å². The quantitative estimate of drug-likeness (QED) is 0.0277. The Balaban J connectivity index is 0.645. The summed E-state index contributed by atoms with van der Waals surface area (Å²) in [7, 11) is 2.12. The summed E-state index contributed by atoms with van der Waals surface area (Å²) < 4.78 is 23.1. The summed E-state index contributed by atoms with van der Waals surface area (Å²) in [6.45, 7) is 7.38. The van der Waals surface area contributed by atoms with Crippen molar-refractivity contribution in [3.8, 4) is 17.1 Å². The number of aromatic amines is 1. The first-order valence-corrected chi connectivity index (χ1v) is 25.8. The van der Waals surface area contributed by atoms with Gasteiger partial charge in [-0.15, -0.1) is 0 Å². The van der Waals surface area contributed by atoms with Crippen LogP contribution in [0.15, 0.2) is 91.3 Å². The highest BCUT2D eigenvalue weighted by atomic mass is 16.5. The van der Waals surface area contributed by atoms with Gasteiger partial charge in [-0.3, -0.25) is 39.4 Å². The van der Waals surface area contributed by atoms with Gasteiger partial charge in [-0.25, -0.2) is 4.98 Å². The van der Waals surface area contributed by atoms with Crippen LogP contribution < -0.4 is 26.0 Å². The molecule has 5 aromatic rings. The monoisotopic (exact) mass is 1010 g/mol. The lowest BCUT2D eigenvalue weighted by Gasteiger charge is -2.40. The first-order valence-electron chi connectivity index (χ1n) is 25.8. The zero-order valence-electron chi connectivity index (χ0n) is 42.4. The molecule has 0 spiro atoms. The largest absolute Gasteiger partial charge is 0.494 e. The summed E-state index contributed by atoms with van der Waals surface area (Å²) in [6, 6.07) is 23.4. The van der Waals surface area contributed by atoms with Crippen molar-refractivity contribution in [1.82, 2.24) is 40.6 Å². The second kappa shape index (κ2) is 26.2. The number of pyridine rings is 1. The van der Waals surface area contributed by atoms with Crippen LogP contribution >= 0.6 is 0 Å². The molecule has 3 aliphatic rings. The number of carbonyl (C=O) groups is 5. The van der Waals surface area contributed by atoms with Crippen molar-refractivity contribution < 1.29 is 42.9 Å². The topological polar surface area (TPSA) is 231 Å². The number of H-pyrrole nitrogens is 1. The highest BCUT2D eigenvalue weighted by Gasteiger charge is 2.41. The fourth-order valence-electron chi connectivity index (χ4n) is 9.42. The highest BCUT2D eigenvalue weighted by Crippen LogP contribution is 2.36. The van der Waals surface area contributed by atoms with E-state index in [-0.39, 0.29) is 55.5 Å². The molecule has 1 unspecified atom stereocenters. The Hall–Kier alpha value is -7.06. The molecule has 0 aliphatic carbocycles. The molecule has 392 valence electrons. The molecule has 19 heteroatoms. The zero-order valence-corrected chi connectivity index (χ0v) is 42.4. The molecule has 5 N–H and O–H groups in total. The molecular weight excluding hydrogens is 945 g/mol. The maximum atomic E-state index is 13.6. The SMILES string of the molecule is C[C@H](NC(=O)c1cccc(NC2(c3nc(-c4ccncc4)n[nH]3)CCN(C)CC2)c1)c1cccc(OCCCCCCOCCOCCOCCCC(=O)Nc2cccc3c2CN(C2CCC(=O)NC2=O)C3=O)c1. The van der Waals surface area contributed by atoms with Crippen LogP contribution in [0.25, 0.3) is 11.4 Å². The summed E-state index contributed by atoms with van der Waals surface area (Å²) >= 11 is 0. The van der Waals surface area contributed by atoms with E-state index in [4.69, 9.17) is 23.9 Å². The molecule has 2 aromatic heterocycles. The van der Waals surface area contributed by atoms with Gasteiger partial charge >= 0.3 is 0 Å². The van der Waals surface area contributed by atoms with E-state index in [0.29, 0.717) is 80.9 Å². The van der Waals surface area contributed by atoms with E-state index < -0.39 is 17.5 Å². The van der Waals surface area contributed by atoms with E-state index in [1.807, 2.05) is 67.6 Å². The molecule has 0 radical (unpaired) electrons. The number of aromatic nitrogens is 4. The number of nitrogens with zero attached hydrogens (tertiary/aromatic N) is 5. The standard InChI is InChI=1S/C55H68N10O9/c1-38(57-51(68)41-12-7-13-42(35-41)61-55(22-26-64(2)27-23-55)54-60-50(62-63-54)39-20-24-56-25-21-39)40-11-8-14-43(36-40)74-30-6-4-3-5-28-71-31-33-73-34-32-72-29-10-17-48(66)58-46-16-9-15-44-45(46)37-65(53(44)70)47-18-19-49(67)59-52(47)69/h7-9,11-16,20-21,24-25,35-36,38,47,61H,3-6,10,17-19,22-23,26-34,37H2,1-2H3,(H,57,68)(H,58,66)(H,59,67,69)(H,60,62,63)/t38-,47?/m0/s1. The van der Waals surface area contributed by atoms with E-state index in [1.165, 1.54) is 4.90 Å². The lowest BCUT2D eigenvalue weighted by Crippen LogP contribution is -2.52. The average molecular weight is 1010 g/mol. The van der Waals surface area contributed by atoms with Gasteiger partial charge in [0.15, 0.2) is 11.6 Å². The molecule has 8 rings (SSSR count). The number of imide groups is 1. The van der Waals surface area contributed by atoms with Crippen molar-refractivity contribution in [1.29, 1.82) is 0 Å². The Labute approximate surface area is 431 Å². The third-order valence-corrected chi connectivity index (χ3v) is 13.7. The van der Waals surface area contributed by atoms with Gasteiger partial charge in [0, 0.05) is 91.7 Å². The number of rotatable bonds is 27. The van der Waals surface area contributed by atoms with Gasteiger partial charge in [0.25, 0.3) is 11.8 Å². The molecule has 0 bridgehead atoms. The van der Waals surface area contributed by atoms with Crippen LogP contribution in [0.2, 0.25) is 0 Å². The third-order valence-electron chi connectivity index (χ3n) is 13.7. The lowest BCUT2D eigenvalue weighted by molar-refractivity contribution is -0.137. The Kier molecular flexibility index (Phi) is 18.9. The molecule has 0 saturated carbocycles. The van der Waals surface area contributed by atoms with Crippen molar-refractivity contribution in [2.45, 2.75) is 95.3 Å². The number of fused-ring (bicyclic) bond motifs is 1. The number of benzene rings is 3. The van der Waals surface area contributed by atoms with E-state index >= 15 is 0 Å². The van der Waals surface area contributed by atoms with Gasteiger partial charge in [0.2, 0.25) is 17.7 Å². The predicted molar refractivity (Wildman–Crippen MR) is 277 cm³/mol. The molecule has 19 nitrogen and oxygen atoms in total. The van der Waals surface area contributed by atoms with Crippen molar-refractivity contribution in [2.24, 2.45) is 0 Å². The summed E-state index contributed by atoms with van der Waals surface area (Å²) in [4.78, 5) is 76.2. The number of likely N-dealkylation sites (tertiary alicyclic amines) is 1. The molecule has 2 fully saturated rings. The van der Waals surface area contributed by atoms with Crippen molar-refractivity contribution in [3.05, 3.63) is 119 Å². The summed E-state index contributed by atoms with van der Waals surface area (Å²) in [5, 5.41) is 19.9. The van der Waals surface area contributed by atoms with Crippen LogP contribution in [0, 0.1) is 0 Å². The molecule has 74 heavy (non-hydrogen) atoms. The van der Waals surface area contributed by atoms with Gasteiger partial charge in [-0.1, -0.05) is 30.7 Å². The zero-order chi connectivity index (χ0) is 51.7. The van der Waals surface area contributed by atoms with Crippen molar-refractivity contribution in [2.75, 3.05) is 77.0 Å². The molecule has 5 amide bonds. The highest BCUT2D eigenvalue weighted by molar-refractivity contribution is 6.06. The molecule has 2 saturated heterocycles. The number of anilines is 2. The van der Waals surface area contributed by atoms with Crippen LogP contribution in [0.3, 0.4) is 0 Å². The summed E-state index contributed by atoms with van der Waals surface area (Å²) in [6.07, 6.45) is 10.2. The first-order chi connectivity index (χ1) is 36.0. The molecule has 2 atom stereocenters. The predicted octanol–water partition coefficient (Wildman–Crippen LogP) is 6.56.